The van der Waals surface area contributed by atoms with Crippen molar-refractivity contribution in [3.63, 3.8) is 0 Å². The fraction of sp³-hybridized carbons (Fsp3) is 1.00. The van der Waals surface area contributed by atoms with E-state index in [4.69, 9.17) is 0 Å². The highest BCUT2D eigenvalue weighted by Crippen LogP contribution is 2.24. The summed E-state index contributed by atoms with van der Waals surface area (Å²) in [4.78, 5) is 0. The standard InChI is InChI=1S/C10H21NO/c1-10(2,3)6-4-8-9(12)5-7-11-8/h8-9,11-12H,4-7H2,1-3H3. The van der Waals surface area contributed by atoms with Crippen LogP contribution in [-0.4, -0.2) is 23.8 Å². The Morgan fingerprint density at radius 1 is 1.42 bits per heavy atom. The van der Waals surface area contributed by atoms with Gasteiger partial charge in [0.15, 0.2) is 0 Å². The van der Waals surface area contributed by atoms with Crippen molar-refractivity contribution in [1.29, 1.82) is 0 Å². The summed E-state index contributed by atoms with van der Waals surface area (Å²) >= 11 is 0. The van der Waals surface area contributed by atoms with Crippen LogP contribution in [0.5, 0.6) is 0 Å². The molecule has 0 amide bonds. The van der Waals surface area contributed by atoms with Gasteiger partial charge < -0.3 is 10.4 Å². The molecule has 12 heavy (non-hydrogen) atoms. The zero-order valence-corrected chi connectivity index (χ0v) is 8.43. The molecule has 0 aromatic carbocycles. The third-order valence-electron chi connectivity index (χ3n) is 2.52. The fourth-order valence-electron chi connectivity index (χ4n) is 1.64. The first-order valence-electron chi connectivity index (χ1n) is 4.90. The van der Waals surface area contributed by atoms with E-state index in [9.17, 15) is 5.11 Å². The van der Waals surface area contributed by atoms with Gasteiger partial charge in [-0.3, -0.25) is 0 Å². The zero-order chi connectivity index (χ0) is 9.19. The third kappa shape index (κ3) is 3.11. The number of aliphatic hydroxyl groups is 1. The summed E-state index contributed by atoms with van der Waals surface area (Å²) in [7, 11) is 0. The summed E-state index contributed by atoms with van der Waals surface area (Å²) in [6, 6.07) is 0.351. The van der Waals surface area contributed by atoms with E-state index >= 15 is 0 Å². The molecule has 0 spiro atoms. The predicted molar refractivity (Wildman–Crippen MR) is 51.1 cm³/mol. The highest BCUT2D eigenvalue weighted by atomic mass is 16.3. The summed E-state index contributed by atoms with van der Waals surface area (Å²) in [5, 5.41) is 12.9. The predicted octanol–water partition coefficient (Wildman–Crippen LogP) is 1.54. The average molecular weight is 171 g/mol. The van der Waals surface area contributed by atoms with Crippen LogP contribution in [0.2, 0.25) is 0 Å². The maximum absolute atomic E-state index is 9.52. The Balaban J connectivity index is 2.23. The molecule has 1 aliphatic heterocycles. The van der Waals surface area contributed by atoms with Crippen LogP contribution in [0.3, 0.4) is 0 Å². The van der Waals surface area contributed by atoms with Crippen LogP contribution in [-0.2, 0) is 0 Å². The van der Waals surface area contributed by atoms with Gasteiger partial charge in [-0.05, 0) is 31.2 Å². The second kappa shape index (κ2) is 3.75. The molecule has 0 radical (unpaired) electrons. The highest BCUT2D eigenvalue weighted by molar-refractivity contribution is 4.84. The first-order chi connectivity index (χ1) is 5.49. The molecule has 0 aromatic rings. The molecule has 0 bridgehead atoms. The van der Waals surface area contributed by atoms with Gasteiger partial charge in [-0.15, -0.1) is 0 Å². The van der Waals surface area contributed by atoms with E-state index in [1.54, 1.807) is 0 Å². The van der Waals surface area contributed by atoms with Crippen molar-refractivity contribution in [2.24, 2.45) is 5.41 Å². The molecule has 1 heterocycles. The van der Waals surface area contributed by atoms with E-state index in [2.05, 4.69) is 26.1 Å². The molecule has 2 nitrogen and oxygen atoms in total. The highest BCUT2D eigenvalue weighted by Gasteiger charge is 2.25. The molecule has 1 saturated heterocycles. The van der Waals surface area contributed by atoms with Crippen molar-refractivity contribution < 1.29 is 5.11 Å². The van der Waals surface area contributed by atoms with Gasteiger partial charge in [0.1, 0.15) is 0 Å². The number of rotatable bonds is 2. The number of aliphatic hydroxyl groups excluding tert-OH is 1. The minimum absolute atomic E-state index is 0.104. The van der Waals surface area contributed by atoms with Crippen molar-refractivity contribution in [3.8, 4) is 0 Å². The van der Waals surface area contributed by atoms with Gasteiger partial charge in [0.2, 0.25) is 0 Å². The molecule has 2 heteroatoms. The van der Waals surface area contributed by atoms with Crippen molar-refractivity contribution >= 4 is 0 Å². The van der Waals surface area contributed by atoms with Gasteiger partial charge in [-0.1, -0.05) is 20.8 Å². The average Bonchev–Trinajstić information content (AvgIpc) is 2.29. The summed E-state index contributed by atoms with van der Waals surface area (Å²) in [6.07, 6.45) is 3.11. The SMILES string of the molecule is CC(C)(C)CCC1NCCC1O. The zero-order valence-electron chi connectivity index (χ0n) is 8.43. The second-order valence-corrected chi connectivity index (χ2v) is 5.02. The molecular formula is C10H21NO. The molecule has 1 aliphatic rings. The first-order valence-corrected chi connectivity index (χ1v) is 4.90. The molecule has 72 valence electrons. The Morgan fingerprint density at radius 3 is 2.50 bits per heavy atom. The molecule has 1 fully saturated rings. The molecule has 0 aliphatic carbocycles. The van der Waals surface area contributed by atoms with Crippen LogP contribution in [0.25, 0.3) is 0 Å². The lowest BCUT2D eigenvalue weighted by Crippen LogP contribution is -2.31. The maximum Gasteiger partial charge on any atom is 0.0705 e. The smallest absolute Gasteiger partial charge is 0.0705 e. The topological polar surface area (TPSA) is 32.3 Å². The van der Waals surface area contributed by atoms with Crippen LogP contribution in [0.1, 0.15) is 40.0 Å². The lowest BCUT2D eigenvalue weighted by Gasteiger charge is -2.22. The first kappa shape index (κ1) is 10.0. The third-order valence-corrected chi connectivity index (χ3v) is 2.52. The van der Waals surface area contributed by atoms with Crippen molar-refractivity contribution in [3.05, 3.63) is 0 Å². The normalized spacial score (nSPS) is 31.0. The van der Waals surface area contributed by atoms with E-state index in [0.717, 1.165) is 19.4 Å². The van der Waals surface area contributed by atoms with E-state index in [-0.39, 0.29) is 6.10 Å². The number of hydrogen-bond donors (Lipinski definition) is 2. The van der Waals surface area contributed by atoms with Crippen LogP contribution in [0.15, 0.2) is 0 Å². The van der Waals surface area contributed by atoms with E-state index in [1.807, 2.05) is 0 Å². The Hall–Kier alpha value is -0.0800. The Kier molecular flexibility index (Phi) is 3.13. The van der Waals surface area contributed by atoms with Gasteiger partial charge >= 0.3 is 0 Å². The van der Waals surface area contributed by atoms with Crippen molar-refractivity contribution in [1.82, 2.24) is 5.32 Å². The van der Waals surface area contributed by atoms with Crippen LogP contribution < -0.4 is 5.32 Å². The molecule has 1 rings (SSSR count). The summed E-state index contributed by atoms with van der Waals surface area (Å²) < 4.78 is 0. The molecule has 2 N–H and O–H groups in total. The van der Waals surface area contributed by atoms with Crippen LogP contribution >= 0.6 is 0 Å². The molecule has 2 atom stereocenters. The fourth-order valence-corrected chi connectivity index (χ4v) is 1.64. The molecule has 0 aromatic heterocycles. The second-order valence-electron chi connectivity index (χ2n) is 5.02. The summed E-state index contributed by atoms with van der Waals surface area (Å²) in [6.45, 7) is 7.72. The summed E-state index contributed by atoms with van der Waals surface area (Å²) in [5.41, 5.74) is 0.393. The van der Waals surface area contributed by atoms with Gasteiger partial charge in [0, 0.05) is 6.04 Å². The number of hydrogen-bond acceptors (Lipinski definition) is 2. The van der Waals surface area contributed by atoms with E-state index in [1.165, 1.54) is 6.42 Å². The van der Waals surface area contributed by atoms with Gasteiger partial charge in [-0.25, -0.2) is 0 Å². The Morgan fingerprint density at radius 2 is 2.08 bits per heavy atom. The Labute approximate surface area is 75.4 Å². The van der Waals surface area contributed by atoms with E-state index < -0.39 is 0 Å². The monoisotopic (exact) mass is 171 g/mol. The van der Waals surface area contributed by atoms with Gasteiger partial charge in [0.05, 0.1) is 6.10 Å². The largest absolute Gasteiger partial charge is 0.391 e. The van der Waals surface area contributed by atoms with Crippen molar-refractivity contribution in [2.75, 3.05) is 6.54 Å². The quantitative estimate of drug-likeness (QED) is 0.660. The molecular weight excluding hydrogens is 150 g/mol. The van der Waals surface area contributed by atoms with E-state index in [0.29, 0.717) is 11.5 Å². The minimum Gasteiger partial charge on any atom is -0.391 e. The number of nitrogens with one attached hydrogen (secondary N) is 1. The van der Waals surface area contributed by atoms with Gasteiger partial charge in [0.25, 0.3) is 0 Å². The molecule has 2 unspecified atom stereocenters. The lowest BCUT2D eigenvalue weighted by atomic mass is 9.88. The van der Waals surface area contributed by atoms with Crippen LogP contribution in [0, 0.1) is 5.41 Å². The minimum atomic E-state index is -0.104. The van der Waals surface area contributed by atoms with Gasteiger partial charge in [-0.2, -0.15) is 0 Å². The van der Waals surface area contributed by atoms with Crippen LogP contribution in [0.4, 0.5) is 0 Å². The maximum atomic E-state index is 9.52. The lowest BCUT2D eigenvalue weighted by molar-refractivity contribution is 0.148. The molecule has 0 saturated carbocycles. The van der Waals surface area contributed by atoms with Crippen molar-refractivity contribution in [2.45, 2.75) is 52.2 Å². The summed E-state index contributed by atoms with van der Waals surface area (Å²) in [5.74, 6) is 0. The Bertz CT molecular complexity index is 139.